The molecule has 2 N–H and O–H groups in total. The summed E-state index contributed by atoms with van der Waals surface area (Å²) in [5, 5.41) is 12.1. The van der Waals surface area contributed by atoms with Gasteiger partial charge in [0, 0.05) is 12.6 Å². The van der Waals surface area contributed by atoms with E-state index in [0.29, 0.717) is 12.0 Å². The molecule has 1 aromatic rings. The number of nitrogens with zero attached hydrogens (tertiary/aromatic N) is 5. The van der Waals surface area contributed by atoms with E-state index in [-0.39, 0.29) is 6.04 Å². The van der Waals surface area contributed by atoms with Crippen LogP contribution in [0.25, 0.3) is 0 Å². The van der Waals surface area contributed by atoms with Gasteiger partial charge < -0.3 is 5.73 Å². The molecule has 2 aliphatic rings. The molecule has 0 radical (unpaired) electrons. The molecule has 0 bridgehead atoms. The average molecular weight is 250 g/mol. The van der Waals surface area contributed by atoms with Crippen molar-refractivity contribution in [1.29, 1.82) is 0 Å². The van der Waals surface area contributed by atoms with Gasteiger partial charge in [0.05, 0.1) is 12.6 Å². The highest BCUT2D eigenvalue weighted by atomic mass is 15.6. The van der Waals surface area contributed by atoms with E-state index in [1.54, 1.807) is 0 Å². The SMILES string of the molecule is CC(N)C1CCCN(Cc2nnnn2C2CC2)C1. The molecule has 1 saturated carbocycles. The number of aromatic nitrogens is 4. The number of likely N-dealkylation sites (tertiary alicyclic amines) is 1. The van der Waals surface area contributed by atoms with E-state index < -0.39 is 0 Å². The second kappa shape index (κ2) is 4.93. The van der Waals surface area contributed by atoms with Gasteiger partial charge in [-0.1, -0.05) is 0 Å². The van der Waals surface area contributed by atoms with Crippen molar-refractivity contribution in [2.45, 2.75) is 51.2 Å². The maximum absolute atomic E-state index is 6.02. The predicted octanol–water partition coefficient (Wildman–Crippen LogP) is 0.567. The molecule has 0 aromatic carbocycles. The van der Waals surface area contributed by atoms with Crippen LogP contribution in [-0.4, -0.2) is 44.2 Å². The van der Waals surface area contributed by atoms with Gasteiger partial charge >= 0.3 is 0 Å². The molecule has 0 amide bonds. The minimum atomic E-state index is 0.284. The molecule has 2 heterocycles. The van der Waals surface area contributed by atoms with Crippen molar-refractivity contribution in [2.75, 3.05) is 13.1 Å². The molecule has 1 saturated heterocycles. The first kappa shape index (κ1) is 12.0. The number of piperidine rings is 1. The van der Waals surface area contributed by atoms with Crippen LogP contribution < -0.4 is 5.73 Å². The summed E-state index contributed by atoms with van der Waals surface area (Å²) in [5.41, 5.74) is 6.02. The first-order valence-corrected chi connectivity index (χ1v) is 6.98. The van der Waals surface area contributed by atoms with Crippen molar-refractivity contribution in [3.05, 3.63) is 5.82 Å². The Morgan fingerprint density at radius 1 is 1.39 bits per heavy atom. The Morgan fingerprint density at radius 3 is 2.94 bits per heavy atom. The third kappa shape index (κ3) is 2.54. The molecular weight excluding hydrogens is 228 g/mol. The summed E-state index contributed by atoms with van der Waals surface area (Å²) < 4.78 is 2.01. The second-order valence-electron chi connectivity index (χ2n) is 5.77. The van der Waals surface area contributed by atoms with Crippen LogP contribution >= 0.6 is 0 Å². The third-order valence-corrected chi connectivity index (χ3v) is 4.10. The Labute approximate surface area is 108 Å². The van der Waals surface area contributed by atoms with E-state index in [1.165, 1.54) is 25.7 Å². The molecule has 1 aromatic heterocycles. The van der Waals surface area contributed by atoms with Crippen molar-refractivity contribution in [3.8, 4) is 0 Å². The molecule has 2 fully saturated rings. The monoisotopic (exact) mass is 250 g/mol. The maximum Gasteiger partial charge on any atom is 0.165 e. The fourth-order valence-electron chi connectivity index (χ4n) is 2.78. The van der Waals surface area contributed by atoms with Crippen LogP contribution in [0.2, 0.25) is 0 Å². The zero-order valence-corrected chi connectivity index (χ0v) is 11.0. The normalized spacial score (nSPS) is 27.3. The highest BCUT2D eigenvalue weighted by Crippen LogP contribution is 2.34. The Kier molecular flexibility index (Phi) is 3.30. The van der Waals surface area contributed by atoms with Crippen LogP contribution in [0.3, 0.4) is 0 Å². The van der Waals surface area contributed by atoms with Gasteiger partial charge in [-0.05, 0) is 55.5 Å². The summed E-state index contributed by atoms with van der Waals surface area (Å²) in [4.78, 5) is 2.45. The quantitative estimate of drug-likeness (QED) is 0.845. The minimum absolute atomic E-state index is 0.284. The molecular formula is C12H22N6. The summed E-state index contributed by atoms with van der Waals surface area (Å²) in [7, 11) is 0. The molecule has 2 unspecified atom stereocenters. The molecule has 1 aliphatic carbocycles. The van der Waals surface area contributed by atoms with Crippen LogP contribution in [0.4, 0.5) is 0 Å². The number of nitrogens with two attached hydrogens (primary N) is 1. The minimum Gasteiger partial charge on any atom is -0.328 e. The number of hydrogen-bond donors (Lipinski definition) is 1. The lowest BCUT2D eigenvalue weighted by molar-refractivity contribution is 0.149. The maximum atomic E-state index is 6.02. The van der Waals surface area contributed by atoms with Crippen LogP contribution in [-0.2, 0) is 6.54 Å². The van der Waals surface area contributed by atoms with E-state index in [1.807, 2.05) is 4.68 Å². The second-order valence-corrected chi connectivity index (χ2v) is 5.77. The van der Waals surface area contributed by atoms with Gasteiger partial charge in [-0.2, -0.15) is 0 Å². The van der Waals surface area contributed by atoms with E-state index in [0.717, 1.165) is 25.5 Å². The van der Waals surface area contributed by atoms with Gasteiger partial charge in [-0.15, -0.1) is 5.10 Å². The lowest BCUT2D eigenvalue weighted by atomic mass is 9.92. The predicted molar refractivity (Wildman–Crippen MR) is 67.7 cm³/mol. The van der Waals surface area contributed by atoms with Gasteiger partial charge in [0.25, 0.3) is 0 Å². The number of hydrogen-bond acceptors (Lipinski definition) is 5. The summed E-state index contributed by atoms with van der Waals surface area (Å²) >= 11 is 0. The Balaban J connectivity index is 1.63. The van der Waals surface area contributed by atoms with Gasteiger partial charge in [0.2, 0.25) is 0 Å². The van der Waals surface area contributed by atoms with Gasteiger partial charge in [0.15, 0.2) is 5.82 Å². The van der Waals surface area contributed by atoms with Crippen LogP contribution in [0.1, 0.15) is 44.5 Å². The summed E-state index contributed by atoms with van der Waals surface area (Å²) in [6, 6.07) is 0.844. The summed E-state index contributed by atoms with van der Waals surface area (Å²) in [5.74, 6) is 1.63. The first-order valence-electron chi connectivity index (χ1n) is 6.98. The van der Waals surface area contributed by atoms with Crippen molar-refractivity contribution in [2.24, 2.45) is 11.7 Å². The van der Waals surface area contributed by atoms with E-state index in [2.05, 4.69) is 27.3 Å². The van der Waals surface area contributed by atoms with Gasteiger partial charge in [-0.25, -0.2) is 4.68 Å². The molecule has 2 atom stereocenters. The lowest BCUT2D eigenvalue weighted by Gasteiger charge is -2.34. The van der Waals surface area contributed by atoms with E-state index >= 15 is 0 Å². The average Bonchev–Trinajstić information content (AvgIpc) is 3.11. The number of tetrazole rings is 1. The molecule has 3 rings (SSSR count). The van der Waals surface area contributed by atoms with Crippen molar-refractivity contribution < 1.29 is 0 Å². The molecule has 100 valence electrons. The first-order chi connectivity index (χ1) is 8.74. The molecule has 1 aliphatic heterocycles. The molecule has 6 nitrogen and oxygen atoms in total. The number of rotatable bonds is 4. The molecule has 6 heteroatoms. The van der Waals surface area contributed by atoms with Crippen LogP contribution in [0, 0.1) is 5.92 Å². The summed E-state index contributed by atoms with van der Waals surface area (Å²) in [6.45, 7) is 5.20. The smallest absolute Gasteiger partial charge is 0.165 e. The standard InChI is InChI=1S/C12H22N6/c1-9(13)10-3-2-6-17(7-10)8-12-14-15-16-18(12)11-4-5-11/h9-11H,2-8,13H2,1H3. The zero-order valence-electron chi connectivity index (χ0n) is 11.0. The fourth-order valence-corrected chi connectivity index (χ4v) is 2.78. The van der Waals surface area contributed by atoms with Crippen LogP contribution in [0.15, 0.2) is 0 Å². The van der Waals surface area contributed by atoms with Crippen molar-refractivity contribution >= 4 is 0 Å². The van der Waals surface area contributed by atoms with Crippen molar-refractivity contribution in [1.82, 2.24) is 25.1 Å². The summed E-state index contributed by atoms with van der Waals surface area (Å²) in [6.07, 6.45) is 4.93. The molecule has 0 spiro atoms. The third-order valence-electron chi connectivity index (χ3n) is 4.10. The Morgan fingerprint density at radius 2 is 2.22 bits per heavy atom. The topological polar surface area (TPSA) is 72.9 Å². The van der Waals surface area contributed by atoms with Gasteiger partial charge in [0.1, 0.15) is 0 Å². The zero-order chi connectivity index (χ0) is 12.5. The highest BCUT2D eigenvalue weighted by molar-refractivity contribution is 4.91. The van der Waals surface area contributed by atoms with Gasteiger partial charge in [-0.3, -0.25) is 4.90 Å². The highest BCUT2D eigenvalue weighted by Gasteiger charge is 2.29. The fraction of sp³-hybridized carbons (Fsp3) is 0.917. The van der Waals surface area contributed by atoms with Crippen LogP contribution in [0.5, 0.6) is 0 Å². The lowest BCUT2D eigenvalue weighted by Crippen LogP contribution is -2.42. The van der Waals surface area contributed by atoms with Crippen molar-refractivity contribution in [3.63, 3.8) is 0 Å². The van der Waals surface area contributed by atoms with E-state index in [4.69, 9.17) is 5.73 Å². The van der Waals surface area contributed by atoms with E-state index in [9.17, 15) is 0 Å². The molecule has 18 heavy (non-hydrogen) atoms. The largest absolute Gasteiger partial charge is 0.328 e. The Bertz CT molecular complexity index is 397. The Hall–Kier alpha value is -1.01.